The third-order valence-electron chi connectivity index (χ3n) is 12.2. The largest absolute Gasteiger partial charge is 0.467 e. The minimum Gasteiger partial charge on any atom is -0.467 e. The second-order valence-electron chi connectivity index (χ2n) is 15.4. The Bertz CT molecular complexity index is 1780. The zero-order chi connectivity index (χ0) is 38.8. The van der Waals surface area contributed by atoms with Gasteiger partial charge in [0.1, 0.15) is 41.8 Å². The predicted octanol–water partition coefficient (Wildman–Crippen LogP) is 1.26. The molecule has 4 aliphatic rings. The molecule has 15 nitrogen and oxygen atoms in total. The number of aliphatic hydroxyl groups is 5. The number of ether oxygens (including phenoxy) is 4. The summed E-state index contributed by atoms with van der Waals surface area (Å²) in [5.41, 5.74) is -6.95. The van der Waals surface area contributed by atoms with E-state index in [0.29, 0.717) is 0 Å². The van der Waals surface area contributed by atoms with Crippen LogP contribution in [-0.2, 0) is 33.3 Å². The first-order valence-electron chi connectivity index (χ1n) is 17.5. The number of hydrogen-bond acceptors (Lipinski definition) is 14. The molecular weight excluding hydrogens is 694 g/mol. The lowest BCUT2D eigenvalue weighted by Gasteiger charge is -2.69. The van der Waals surface area contributed by atoms with Crippen molar-refractivity contribution in [1.82, 2.24) is 5.32 Å². The lowest BCUT2D eigenvalue weighted by molar-refractivity contribution is -0.365. The highest BCUT2D eigenvalue weighted by Crippen LogP contribution is 2.65. The van der Waals surface area contributed by atoms with Gasteiger partial charge in [-0.25, -0.2) is 9.59 Å². The Balaban J connectivity index is 1.52. The number of rotatable bonds is 8. The second-order valence-corrected chi connectivity index (χ2v) is 15.4. The van der Waals surface area contributed by atoms with Gasteiger partial charge in [-0.1, -0.05) is 39.0 Å². The smallest absolute Gasteiger partial charge is 0.338 e. The summed E-state index contributed by atoms with van der Waals surface area (Å²) in [4.78, 5) is 52.6. The molecule has 0 unspecified atom stereocenters. The predicted molar refractivity (Wildman–Crippen MR) is 181 cm³/mol. The van der Waals surface area contributed by atoms with E-state index in [9.17, 15) is 44.7 Å². The summed E-state index contributed by atoms with van der Waals surface area (Å²) in [5, 5.41) is 63.3. The topological polar surface area (TPSA) is 232 Å². The van der Waals surface area contributed by atoms with E-state index in [1.165, 1.54) is 58.2 Å². The lowest BCUT2D eigenvalue weighted by atomic mass is 9.44. The van der Waals surface area contributed by atoms with Gasteiger partial charge >= 0.3 is 17.9 Å². The molecule has 6 N–H and O–H groups in total. The molecular formula is C38H47NO14. The van der Waals surface area contributed by atoms with Crippen molar-refractivity contribution in [2.45, 2.75) is 114 Å². The number of benzene rings is 1. The minimum absolute atomic E-state index is 0.0386. The van der Waals surface area contributed by atoms with E-state index in [1.54, 1.807) is 32.0 Å². The Labute approximate surface area is 305 Å². The first-order chi connectivity index (χ1) is 24.8. The maximum absolute atomic E-state index is 14.0. The van der Waals surface area contributed by atoms with Crippen LogP contribution in [0.25, 0.3) is 0 Å². The molecule has 288 valence electrons. The molecule has 6 rings (SSSR count). The molecule has 1 aliphatic heterocycles. The van der Waals surface area contributed by atoms with Gasteiger partial charge in [-0.2, -0.15) is 0 Å². The second kappa shape index (κ2) is 13.6. The van der Waals surface area contributed by atoms with E-state index < -0.39 is 107 Å². The van der Waals surface area contributed by atoms with Crippen molar-refractivity contribution in [2.75, 3.05) is 6.61 Å². The summed E-state index contributed by atoms with van der Waals surface area (Å²) < 4.78 is 29.4. The monoisotopic (exact) mass is 741 g/mol. The fraction of sp³-hybridized carbons (Fsp3) is 0.579. The van der Waals surface area contributed by atoms with Gasteiger partial charge in [-0.3, -0.25) is 9.59 Å². The molecule has 1 amide bonds. The summed E-state index contributed by atoms with van der Waals surface area (Å²) in [6.07, 6.45) is -10.4. The molecule has 2 saturated carbocycles. The molecule has 1 saturated heterocycles. The van der Waals surface area contributed by atoms with Crippen molar-refractivity contribution in [3.63, 3.8) is 0 Å². The summed E-state index contributed by atoms with van der Waals surface area (Å²) >= 11 is 0. The first-order valence-corrected chi connectivity index (χ1v) is 17.5. The standard InChI is InChI=1S/C38H47NO14/c1-18-23(51-34(47)29(44)27(39-19(2)40)22-13-10-14-49-22)16-38(48)32(52-33(46)21-11-8-7-9-12-21)30-36(6,31(45)28(43)26(18)35(38,4)5)24(42)15-25-37(30,17-50-25)53-20(3)41/h7-14,23-25,27-32,42-45,48H,15-17H2,1-6H3,(H,39,40)/t23-,24-,25+,27-,28+,29+,30-,31+,32-,36+,37-,38+/m0/s1. The van der Waals surface area contributed by atoms with Gasteiger partial charge in [0.25, 0.3) is 0 Å². The van der Waals surface area contributed by atoms with Crippen molar-refractivity contribution < 1.29 is 68.1 Å². The Morgan fingerprint density at radius 2 is 1.66 bits per heavy atom. The number of esters is 3. The number of carbonyl (C=O) groups is 4. The lowest BCUT2D eigenvalue weighted by Crippen LogP contribution is -2.82. The van der Waals surface area contributed by atoms with Crippen LogP contribution >= 0.6 is 0 Å². The third-order valence-corrected chi connectivity index (χ3v) is 12.2. The molecule has 15 heteroatoms. The molecule has 53 heavy (non-hydrogen) atoms. The number of aliphatic hydroxyl groups excluding tert-OH is 4. The molecule has 3 fully saturated rings. The average Bonchev–Trinajstić information content (AvgIpc) is 3.63. The van der Waals surface area contributed by atoms with Gasteiger partial charge < -0.3 is 54.2 Å². The van der Waals surface area contributed by atoms with E-state index in [4.69, 9.17) is 23.4 Å². The SMILES string of the molecule is CC(=O)N[C@@H](c1ccco1)[C@@H](O)C(=O)O[C@H]1C[C@@]2(O)[C@@H](OC(=O)c3ccccc3)[C@@H]3[C@]4(OC(C)=O)CO[C@@H]4C[C@H](O)[C@@]3(C)[C@H](O)[C@H](O)C(=C1C)C2(C)C. The molecule has 1 aromatic heterocycles. The Hall–Kier alpha value is -4.12. The highest BCUT2D eigenvalue weighted by molar-refractivity contribution is 5.89. The highest BCUT2D eigenvalue weighted by atomic mass is 16.6. The Morgan fingerprint density at radius 3 is 2.23 bits per heavy atom. The number of fused-ring (bicyclic) bond motifs is 5. The van der Waals surface area contributed by atoms with Gasteiger partial charge in [-0.05, 0) is 42.3 Å². The number of furan rings is 1. The third kappa shape index (κ3) is 5.97. The summed E-state index contributed by atoms with van der Waals surface area (Å²) in [6, 6.07) is 9.51. The molecule has 3 aliphatic carbocycles. The van der Waals surface area contributed by atoms with Gasteiger partial charge in [0.15, 0.2) is 11.7 Å². The highest BCUT2D eigenvalue weighted by Gasteiger charge is 2.77. The fourth-order valence-corrected chi connectivity index (χ4v) is 9.33. The Kier molecular flexibility index (Phi) is 9.92. The number of carbonyl (C=O) groups excluding carboxylic acids is 4. The van der Waals surface area contributed by atoms with Gasteiger partial charge in [0.2, 0.25) is 5.91 Å². The fourth-order valence-electron chi connectivity index (χ4n) is 9.33. The van der Waals surface area contributed by atoms with Crippen LogP contribution in [0.2, 0.25) is 0 Å². The van der Waals surface area contributed by atoms with Crippen LogP contribution in [0.15, 0.2) is 64.3 Å². The number of amides is 1. The molecule has 0 spiro atoms. The van der Waals surface area contributed by atoms with E-state index in [2.05, 4.69) is 5.32 Å². The Morgan fingerprint density at radius 1 is 0.981 bits per heavy atom. The maximum Gasteiger partial charge on any atom is 0.338 e. The van der Waals surface area contributed by atoms with E-state index in [-0.39, 0.29) is 35.5 Å². The van der Waals surface area contributed by atoms with E-state index >= 15 is 0 Å². The molecule has 12 atom stereocenters. The van der Waals surface area contributed by atoms with Crippen molar-refractivity contribution in [3.05, 3.63) is 71.2 Å². The van der Waals surface area contributed by atoms with Crippen molar-refractivity contribution in [1.29, 1.82) is 0 Å². The van der Waals surface area contributed by atoms with Crippen molar-refractivity contribution in [3.8, 4) is 0 Å². The zero-order valence-corrected chi connectivity index (χ0v) is 30.3. The maximum atomic E-state index is 14.0. The average molecular weight is 742 g/mol. The summed E-state index contributed by atoms with van der Waals surface area (Å²) in [5.74, 6) is -4.78. The van der Waals surface area contributed by atoms with Crippen LogP contribution in [0.4, 0.5) is 0 Å². The van der Waals surface area contributed by atoms with Gasteiger partial charge in [-0.15, -0.1) is 0 Å². The summed E-state index contributed by atoms with van der Waals surface area (Å²) in [6.45, 7) is 8.30. The normalized spacial score (nSPS) is 36.9. The minimum atomic E-state index is -2.29. The zero-order valence-electron chi connectivity index (χ0n) is 30.3. The number of nitrogens with one attached hydrogen (secondary N) is 1. The molecule has 1 aromatic carbocycles. The van der Waals surface area contributed by atoms with Crippen molar-refractivity contribution >= 4 is 23.8 Å². The molecule has 2 heterocycles. The van der Waals surface area contributed by atoms with Crippen LogP contribution < -0.4 is 5.32 Å². The van der Waals surface area contributed by atoms with E-state index in [0.717, 1.165) is 0 Å². The summed E-state index contributed by atoms with van der Waals surface area (Å²) in [7, 11) is 0. The first kappa shape index (κ1) is 38.6. The molecule has 2 bridgehead atoms. The van der Waals surface area contributed by atoms with Crippen LogP contribution in [0.5, 0.6) is 0 Å². The molecule has 2 aromatic rings. The number of hydrogen-bond donors (Lipinski definition) is 6. The van der Waals surface area contributed by atoms with Crippen LogP contribution in [0.1, 0.15) is 76.5 Å². The van der Waals surface area contributed by atoms with Crippen molar-refractivity contribution in [2.24, 2.45) is 16.7 Å². The quantitative estimate of drug-likeness (QED) is 0.127. The van der Waals surface area contributed by atoms with Gasteiger partial charge in [0.05, 0.1) is 36.6 Å². The van der Waals surface area contributed by atoms with Crippen LogP contribution in [0, 0.1) is 16.7 Å². The molecule has 0 radical (unpaired) electrons. The van der Waals surface area contributed by atoms with Crippen LogP contribution in [-0.4, -0.2) is 110 Å². The van der Waals surface area contributed by atoms with E-state index in [1.807, 2.05) is 0 Å². The van der Waals surface area contributed by atoms with Gasteiger partial charge in [0, 0.05) is 37.5 Å². The van der Waals surface area contributed by atoms with Crippen LogP contribution in [0.3, 0.4) is 0 Å².